The molecule has 1 heterocycles. The van der Waals surface area contributed by atoms with Gasteiger partial charge >= 0.3 is 6.03 Å². The van der Waals surface area contributed by atoms with E-state index in [4.69, 9.17) is 4.74 Å². The molecule has 1 aliphatic heterocycles. The summed E-state index contributed by atoms with van der Waals surface area (Å²) in [7, 11) is 3.39. The minimum absolute atomic E-state index is 0.0658. The van der Waals surface area contributed by atoms with Gasteiger partial charge in [-0.25, -0.2) is 4.79 Å². The Balaban J connectivity index is 1.49. The fourth-order valence-corrected chi connectivity index (χ4v) is 2.84. The molecule has 0 radical (unpaired) electrons. The summed E-state index contributed by atoms with van der Waals surface area (Å²) in [5.41, 5.74) is 3.64. The summed E-state index contributed by atoms with van der Waals surface area (Å²) in [4.78, 5) is 25.3. The van der Waals surface area contributed by atoms with E-state index in [0.29, 0.717) is 18.7 Å². The molecule has 130 valence electrons. The van der Waals surface area contributed by atoms with Crippen molar-refractivity contribution in [1.29, 1.82) is 0 Å². The molecule has 0 atom stereocenters. The third-order valence-corrected chi connectivity index (χ3v) is 4.27. The number of hydrogen-bond donors (Lipinski definition) is 2. The van der Waals surface area contributed by atoms with Crippen LogP contribution in [0.5, 0.6) is 5.75 Å². The first-order valence-corrected chi connectivity index (χ1v) is 8.14. The number of likely N-dealkylation sites (N-methyl/N-ethyl adjacent to an activating group) is 1. The van der Waals surface area contributed by atoms with Crippen LogP contribution in [0, 0.1) is 0 Å². The van der Waals surface area contributed by atoms with Gasteiger partial charge in [0, 0.05) is 25.0 Å². The van der Waals surface area contributed by atoms with Crippen molar-refractivity contribution in [3.63, 3.8) is 0 Å². The van der Waals surface area contributed by atoms with E-state index in [2.05, 4.69) is 10.6 Å². The molecule has 25 heavy (non-hydrogen) atoms. The number of carbonyl (C=O) groups is 2. The predicted molar refractivity (Wildman–Crippen MR) is 97.3 cm³/mol. The van der Waals surface area contributed by atoms with Crippen LogP contribution in [0.3, 0.4) is 0 Å². The number of urea groups is 1. The van der Waals surface area contributed by atoms with E-state index < -0.39 is 0 Å². The van der Waals surface area contributed by atoms with Gasteiger partial charge < -0.3 is 20.3 Å². The first-order valence-electron chi connectivity index (χ1n) is 8.14. The molecule has 2 N–H and O–H groups in total. The van der Waals surface area contributed by atoms with Gasteiger partial charge in [-0.1, -0.05) is 12.1 Å². The van der Waals surface area contributed by atoms with E-state index in [-0.39, 0.29) is 11.9 Å². The van der Waals surface area contributed by atoms with Gasteiger partial charge in [-0.2, -0.15) is 0 Å². The van der Waals surface area contributed by atoms with Crippen LogP contribution in [0.1, 0.15) is 11.1 Å². The standard InChI is InChI=1S/C19H21N3O3/c1-22-17-8-5-15(11-14(17)12-18(22)23)21-19(24)20-10-9-13-3-6-16(25-2)7-4-13/h3-8,11H,9-10,12H2,1-2H3,(H2,20,21,24). The monoisotopic (exact) mass is 339 g/mol. The van der Waals surface area contributed by atoms with Crippen LogP contribution in [0.2, 0.25) is 0 Å². The lowest BCUT2D eigenvalue weighted by Gasteiger charge is -2.11. The molecule has 6 heteroatoms. The molecular formula is C19H21N3O3. The number of methoxy groups -OCH3 is 1. The Morgan fingerprint density at radius 3 is 2.68 bits per heavy atom. The summed E-state index contributed by atoms with van der Waals surface area (Å²) in [6.45, 7) is 0.532. The van der Waals surface area contributed by atoms with E-state index in [0.717, 1.165) is 29.0 Å². The van der Waals surface area contributed by atoms with Gasteiger partial charge in [0.15, 0.2) is 0 Å². The highest BCUT2D eigenvalue weighted by atomic mass is 16.5. The predicted octanol–water partition coefficient (Wildman–Crippen LogP) is 2.58. The van der Waals surface area contributed by atoms with Crippen LogP contribution < -0.4 is 20.3 Å². The Hall–Kier alpha value is -3.02. The van der Waals surface area contributed by atoms with Crippen LogP contribution in [0.4, 0.5) is 16.2 Å². The molecule has 3 amide bonds. The molecule has 1 aliphatic rings. The molecule has 2 aromatic carbocycles. The molecule has 2 aromatic rings. The second-order valence-electron chi connectivity index (χ2n) is 5.95. The maximum atomic E-state index is 12.0. The number of benzene rings is 2. The zero-order valence-corrected chi connectivity index (χ0v) is 14.3. The fraction of sp³-hybridized carbons (Fsp3) is 0.263. The first kappa shape index (κ1) is 16.8. The third-order valence-electron chi connectivity index (χ3n) is 4.27. The number of anilines is 2. The van der Waals surface area contributed by atoms with Gasteiger partial charge in [-0.15, -0.1) is 0 Å². The molecule has 0 unspecified atom stereocenters. The summed E-state index contributed by atoms with van der Waals surface area (Å²) < 4.78 is 5.12. The van der Waals surface area contributed by atoms with E-state index in [1.165, 1.54) is 0 Å². The van der Waals surface area contributed by atoms with Crippen LogP contribution in [-0.4, -0.2) is 32.6 Å². The number of ether oxygens (including phenoxy) is 1. The lowest BCUT2D eigenvalue weighted by molar-refractivity contribution is -0.117. The molecule has 0 saturated carbocycles. The van der Waals surface area contributed by atoms with Crippen molar-refractivity contribution in [2.75, 3.05) is 30.9 Å². The second kappa shape index (κ2) is 7.25. The van der Waals surface area contributed by atoms with Crippen molar-refractivity contribution in [1.82, 2.24) is 5.32 Å². The highest BCUT2D eigenvalue weighted by Gasteiger charge is 2.23. The average molecular weight is 339 g/mol. The number of carbonyl (C=O) groups excluding carboxylic acids is 2. The first-order chi connectivity index (χ1) is 12.1. The SMILES string of the molecule is COc1ccc(CCNC(=O)Nc2ccc3c(c2)CC(=O)N3C)cc1. The summed E-state index contributed by atoms with van der Waals surface area (Å²) in [5, 5.41) is 5.64. The molecule has 0 saturated heterocycles. The van der Waals surface area contributed by atoms with Crippen molar-refractivity contribution in [3.05, 3.63) is 53.6 Å². The van der Waals surface area contributed by atoms with Crippen LogP contribution in [0.25, 0.3) is 0 Å². The Bertz CT molecular complexity index is 787. The average Bonchev–Trinajstić information content (AvgIpc) is 2.89. The minimum Gasteiger partial charge on any atom is -0.497 e. The Labute approximate surface area is 146 Å². The van der Waals surface area contributed by atoms with E-state index in [1.807, 2.05) is 36.4 Å². The molecule has 0 aliphatic carbocycles. The number of rotatable bonds is 5. The van der Waals surface area contributed by atoms with Crippen LogP contribution >= 0.6 is 0 Å². The highest BCUT2D eigenvalue weighted by molar-refractivity contribution is 6.01. The Morgan fingerprint density at radius 1 is 1.20 bits per heavy atom. The van der Waals surface area contributed by atoms with Crippen molar-refractivity contribution < 1.29 is 14.3 Å². The van der Waals surface area contributed by atoms with E-state index in [1.54, 1.807) is 25.1 Å². The number of nitrogens with zero attached hydrogens (tertiary/aromatic N) is 1. The number of hydrogen-bond acceptors (Lipinski definition) is 3. The molecule has 0 spiro atoms. The molecule has 3 rings (SSSR count). The van der Waals surface area contributed by atoms with Crippen LogP contribution in [-0.2, 0) is 17.6 Å². The normalized spacial score (nSPS) is 12.7. The van der Waals surface area contributed by atoms with Gasteiger partial charge in [-0.05, 0) is 47.9 Å². The zero-order valence-electron chi connectivity index (χ0n) is 14.3. The zero-order chi connectivity index (χ0) is 17.8. The van der Waals surface area contributed by atoms with Crippen molar-refractivity contribution >= 4 is 23.3 Å². The summed E-state index contributed by atoms with van der Waals surface area (Å²) >= 11 is 0. The molecule has 0 aromatic heterocycles. The van der Waals surface area contributed by atoms with Crippen molar-refractivity contribution in [3.8, 4) is 5.75 Å². The Kier molecular flexibility index (Phi) is 4.88. The largest absolute Gasteiger partial charge is 0.497 e. The quantitative estimate of drug-likeness (QED) is 0.879. The minimum atomic E-state index is -0.258. The van der Waals surface area contributed by atoms with Crippen molar-refractivity contribution in [2.24, 2.45) is 0 Å². The van der Waals surface area contributed by atoms with E-state index in [9.17, 15) is 9.59 Å². The van der Waals surface area contributed by atoms with Gasteiger partial charge in [-0.3, -0.25) is 4.79 Å². The molecular weight excluding hydrogens is 318 g/mol. The van der Waals surface area contributed by atoms with Gasteiger partial charge in [0.05, 0.1) is 13.5 Å². The second-order valence-corrected chi connectivity index (χ2v) is 5.95. The Morgan fingerprint density at radius 2 is 1.96 bits per heavy atom. The smallest absolute Gasteiger partial charge is 0.319 e. The van der Waals surface area contributed by atoms with E-state index >= 15 is 0 Å². The maximum absolute atomic E-state index is 12.0. The number of nitrogens with one attached hydrogen (secondary N) is 2. The van der Waals surface area contributed by atoms with Crippen LogP contribution in [0.15, 0.2) is 42.5 Å². The molecule has 0 bridgehead atoms. The lowest BCUT2D eigenvalue weighted by atomic mass is 10.1. The summed E-state index contributed by atoms with van der Waals surface area (Å²) in [5.74, 6) is 0.881. The molecule has 6 nitrogen and oxygen atoms in total. The molecule has 0 fully saturated rings. The summed E-state index contributed by atoms with van der Waals surface area (Å²) in [6.07, 6.45) is 1.11. The summed E-state index contributed by atoms with van der Waals surface area (Å²) in [6, 6.07) is 13.0. The van der Waals surface area contributed by atoms with Crippen molar-refractivity contribution in [2.45, 2.75) is 12.8 Å². The third kappa shape index (κ3) is 3.91. The highest BCUT2D eigenvalue weighted by Crippen LogP contribution is 2.29. The van der Waals surface area contributed by atoms with Gasteiger partial charge in [0.1, 0.15) is 5.75 Å². The topological polar surface area (TPSA) is 70.7 Å². The lowest BCUT2D eigenvalue weighted by Crippen LogP contribution is -2.30. The number of fused-ring (bicyclic) bond motifs is 1. The maximum Gasteiger partial charge on any atom is 0.319 e. The fourth-order valence-electron chi connectivity index (χ4n) is 2.84. The van der Waals surface area contributed by atoms with Gasteiger partial charge in [0.25, 0.3) is 0 Å². The van der Waals surface area contributed by atoms with Gasteiger partial charge in [0.2, 0.25) is 5.91 Å². The number of amides is 3.